The Morgan fingerprint density at radius 1 is 1.12 bits per heavy atom. The summed E-state index contributed by atoms with van der Waals surface area (Å²) in [5, 5.41) is 0. The monoisotopic (exact) mass is 246 g/mol. The van der Waals surface area contributed by atoms with Crippen LogP contribution in [0.3, 0.4) is 0 Å². The van der Waals surface area contributed by atoms with Crippen molar-refractivity contribution in [2.45, 2.75) is 18.6 Å². The second kappa shape index (κ2) is 5.06. The van der Waals surface area contributed by atoms with E-state index in [1.165, 1.54) is 11.9 Å². The largest absolute Gasteiger partial charge is 0.401 e. The molecule has 0 amide bonds. The molecule has 0 aliphatic heterocycles. The van der Waals surface area contributed by atoms with E-state index in [1.807, 2.05) is 30.3 Å². The second-order valence-electron chi connectivity index (χ2n) is 4.57. The van der Waals surface area contributed by atoms with E-state index in [9.17, 15) is 13.2 Å². The van der Waals surface area contributed by atoms with Crippen LogP contribution in [0.2, 0.25) is 0 Å². The third kappa shape index (κ3) is 4.75. The molecule has 0 fully saturated rings. The van der Waals surface area contributed by atoms with Gasteiger partial charge in [-0.2, -0.15) is 13.2 Å². The number of hydrogen-bond donors (Lipinski definition) is 1. The quantitative estimate of drug-likeness (QED) is 0.883. The van der Waals surface area contributed by atoms with Crippen LogP contribution < -0.4 is 5.73 Å². The molecule has 1 aromatic carbocycles. The Kier molecular flexibility index (Phi) is 4.16. The molecule has 0 spiro atoms. The van der Waals surface area contributed by atoms with Crippen molar-refractivity contribution in [3.8, 4) is 0 Å². The minimum Gasteiger partial charge on any atom is -0.321 e. The molecular formula is C12H17F3N2. The molecule has 1 aromatic rings. The number of likely N-dealkylation sites (N-methyl/N-ethyl adjacent to an activating group) is 1. The van der Waals surface area contributed by atoms with Gasteiger partial charge in [0.15, 0.2) is 0 Å². The molecule has 96 valence electrons. The summed E-state index contributed by atoms with van der Waals surface area (Å²) in [4.78, 5) is 1.19. The normalized spacial score (nSPS) is 15.9. The van der Waals surface area contributed by atoms with E-state index in [0.717, 1.165) is 5.56 Å². The Labute approximate surface area is 99.2 Å². The fourth-order valence-electron chi connectivity index (χ4n) is 1.83. The summed E-state index contributed by atoms with van der Waals surface area (Å²) < 4.78 is 36.6. The standard InChI is InChI=1S/C12H17F3N2/c1-11(16,10-6-4-3-5-7-10)8-17(2)9-12(13,14)15/h3-7H,8-9,16H2,1-2H3. The first kappa shape index (κ1) is 14.0. The molecule has 17 heavy (non-hydrogen) atoms. The van der Waals surface area contributed by atoms with E-state index in [-0.39, 0.29) is 6.54 Å². The Hall–Kier alpha value is -1.07. The van der Waals surface area contributed by atoms with E-state index in [2.05, 4.69) is 0 Å². The molecule has 5 heteroatoms. The molecule has 2 N–H and O–H groups in total. The summed E-state index contributed by atoms with van der Waals surface area (Å²) >= 11 is 0. The first-order valence-corrected chi connectivity index (χ1v) is 5.30. The number of benzene rings is 1. The zero-order valence-corrected chi connectivity index (χ0v) is 9.96. The molecule has 1 unspecified atom stereocenters. The van der Waals surface area contributed by atoms with Gasteiger partial charge in [-0.25, -0.2) is 0 Å². The maximum Gasteiger partial charge on any atom is 0.401 e. The number of alkyl halides is 3. The topological polar surface area (TPSA) is 29.3 Å². The van der Waals surface area contributed by atoms with Gasteiger partial charge < -0.3 is 5.73 Å². The number of nitrogens with zero attached hydrogens (tertiary/aromatic N) is 1. The third-order valence-electron chi connectivity index (χ3n) is 2.48. The van der Waals surface area contributed by atoms with E-state index < -0.39 is 18.3 Å². The van der Waals surface area contributed by atoms with Crippen LogP contribution in [0.4, 0.5) is 13.2 Å². The van der Waals surface area contributed by atoms with Crippen LogP contribution in [-0.2, 0) is 5.54 Å². The molecule has 0 heterocycles. The van der Waals surface area contributed by atoms with Gasteiger partial charge in [0.1, 0.15) is 0 Å². The maximum absolute atomic E-state index is 12.2. The van der Waals surface area contributed by atoms with Gasteiger partial charge in [0, 0.05) is 6.54 Å². The highest BCUT2D eigenvalue weighted by molar-refractivity contribution is 5.23. The molecule has 1 atom stereocenters. The van der Waals surface area contributed by atoms with Gasteiger partial charge in [0.2, 0.25) is 0 Å². The highest BCUT2D eigenvalue weighted by Crippen LogP contribution is 2.21. The fourth-order valence-corrected chi connectivity index (χ4v) is 1.83. The van der Waals surface area contributed by atoms with E-state index >= 15 is 0 Å². The van der Waals surface area contributed by atoms with Gasteiger partial charge in [0.25, 0.3) is 0 Å². The average Bonchev–Trinajstić information content (AvgIpc) is 2.15. The number of halogens is 3. The lowest BCUT2D eigenvalue weighted by molar-refractivity contribution is -0.144. The van der Waals surface area contributed by atoms with Crippen molar-refractivity contribution in [3.05, 3.63) is 35.9 Å². The second-order valence-corrected chi connectivity index (χ2v) is 4.57. The molecule has 0 saturated heterocycles. The molecule has 0 bridgehead atoms. The molecule has 1 rings (SSSR count). The number of nitrogens with two attached hydrogens (primary N) is 1. The van der Waals surface area contributed by atoms with Crippen LogP contribution in [0.15, 0.2) is 30.3 Å². The highest BCUT2D eigenvalue weighted by Gasteiger charge is 2.32. The molecule has 0 radical (unpaired) electrons. The summed E-state index contributed by atoms with van der Waals surface area (Å²) in [6, 6.07) is 9.14. The fraction of sp³-hybridized carbons (Fsp3) is 0.500. The SMILES string of the molecule is CN(CC(F)(F)F)CC(C)(N)c1ccccc1. The Bertz CT molecular complexity index is 347. The lowest BCUT2D eigenvalue weighted by Gasteiger charge is -2.31. The summed E-state index contributed by atoms with van der Waals surface area (Å²) in [5.41, 5.74) is 6.09. The first-order chi connectivity index (χ1) is 7.71. The van der Waals surface area contributed by atoms with Crippen molar-refractivity contribution in [2.24, 2.45) is 5.73 Å². The van der Waals surface area contributed by atoms with Crippen LogP contribution in [0.25, 0.3) is 0 Å². The lowest BCUT2D eigenvalue weighted by atomic mass is 9.93. The van der Waals surface area contributed by atoms with Crippen LogP contribution in [0.5, 0.6) is 0 Å². The van der Waals surface area contributed by atoms with Crippen LogP contribution in [-0.4, -0.2) is 31.2 Å². The van der Waals surface area contributed by atoms with Crippen molar-refractivity contribution in [1.29, 1.82) is 0 Å². The van der Waals surface area contributed by atoms with Gasteiger partial charge >= 0.3 is 6.18 Å². The van der Waals surface area contributed by atoms with Crippen molar-refractivity contribution in [3.63, 3.8) is 0 Å². The summed E-state index contributed by atoms with van der Waals surface area (Å²) in [5.74, 6) is 0. The smallest absolute Gasteiger partial charge is 0.321 e. The summed E-state index contributed by atoms with van der Waals surface area (Å²) in [6.07, 6.45) is -4.19. The van der Waals surface area contributed by atoms with Crippen LogP contribution >= 0.6 is 0 Å². The maximum atomic E-state index is 12.2. The molecule has 0 aliphatic carbocycles. The molecule has 0 saturated carbocycles. The van der Waals surface area contributed by atoms with Crippen LogP contribution in [0.1, 0.15) is 12.5 Å². The van der Waals surface area contributed by atoms with Crippen LogP contribution in [0, 0.1) is 0 Å². The Balaban J connectivity index is 2.67. The highest BCUT2D eigenvalue weighted by atomic mass is 19.4. The van der Waals surface area contributed by atoms with E-state index in [4.69, 9.17) is 5.73 Å². The molecule has 2 nitrogen and oxygen atoms in total. The Morgan fingerprint density at radius 2 is 1.65 bits per heavy atom. The van der Waals surface area contributed by atoms with Crippen molar-refractivity contribution < 1.29 is 13.2 Å². The minimum atomic E-state index is -4.19. The lowest BCUT2D eigenvalue weighted by Crippen LogP contribution is -2.46. The predicted molar refractivity (Wildman–Crippen MR) is 61.5 cm³/mol. The first-order valence-electron chi connectivity index (χ1n) is 5.30. The zero-order valence-electron chi connectivity index (χ0n) is 9.96. The molecule has 0 aromatic heterocycles. The zero-order chi connectivity index (χ0) is 13.1. The van der Waals surface area contributed by atoms with Gasteiger partial charge in [-0.15, -0.1) is 0 Å². The van der Waals surface area contributed by atoms with Gasteiger partial charge in [0.05, 0.1) is 12.1 Å². The van der Waals surface area contributed by atoms with E-state index in [0.29, 0.717) is 0 Å². The van der Waals surface area contributed by atoms with Crippen molar-refractivity contribution in [1.82, 2.24) is 4.90 Å². The van der Waals surface area contributed by atoms with E-state index in [1.54, 1.807) is 6.92 Å². The van der Waals surface area contributed by atoms with Gasteiger partial charge in [-0.05, 0) is 19.5 Å². The molecular weight excluding hydrogens is 229 g/mol. The summed E-state index contributed by atoms with van der Waals surface area (Å²) in [6.45, 7) is 0.929. The Morgan fingerprint density at radius 3 is 2.12 bits per heavy atom. The van der Waals surface area contributed by atoms with Gasteiger partial charge in [-0.1, -0.05) is 30.3 Å². The summed E-state index contributed by atoms with van der Waals surface area (Å²) in [7, 11) is 1.42. The van der Waals surface area contributed by atoms with Crippen molar-refractivity contribution >= 4 is 0 Å². The number of rotatable bonds is 4. The van der Waals surface area contributed by atoms with Gasteiger partial charge in [-0.3, -0.25) is 4.90 Å². The minimum absolute atomic E-state index is 0.149. The average molecular weight is 246 g/mol. The number of hydrogen-bond acceptors (Lipinski definition) is 2. The third-order valence-corrected chi connectivity index (χ3v) is 2.48. The predicted octanol–water partition coefficient (Wildman–Crippen LogP) is 2.35. The molecule has 0 aliphatic rings. The van der Waals surface area contributed by atoms with Crippen molar-refractivity contribution in [2.75, 3.05) is 20.1 Å².